The molecule has 0 saturated carbocycles. The lowest BCUT2D eigenvalue weighted by atomic mass is 10.0. The first kappa shape index (κ1) is 11.8. The van der Waals surface area contributed by atoms with E-state index in [9.17, 15) is 4.79 Å². The third kappa shape index (κ3) is 2.70. The predicted octanol–water partition coefficient (Wildman–Crippen LogP) is 1.16. The Morgan fingerprint density at radius 2 is 2.35 bits per heavy atom. The number of benzene rings is 1. The molecule has 1 aliphatic heterocycles. The normalized spacial score (nSPS) is 14.3. The molecule has 17 heavy (non-hydrogen) atoms. The molecule has 92 valence electrons. The van der Waals surface area contributed by atoms with Crippen LogP contribution in [0.15, 0.2) is 18.2 Å². The summed E-state index contributed by atoms with van der Waals surface area (Å²) in [4.78, 5) is 13.7. The number of hydrogen-bond donors (Lipinski definition) is 2. The molecule has 0 saturated heterocycles. The molecule has 2 rings (SSSR count). The number of likely N-dealkylation sites (N-methyl/N-ethyl adjacent to an activating group) is 1. The monoisotopic (exact) mass is 233 g/mol. The summed E-state index contributed by atoms with van der Waals surface area (Å²) in [6, 6.07) is 5.96. The van der Waals surface area contributed by atoms with E-state index < -0.39 is 0 Å². The molecule has 1 heterocycles. The van der Waals surface area contributed by atoms with Gasteiger partial charge in [-0.2, -0.15) is 0 Å². The van der Waals surface area contributed by atoms with Gasteiger partial charge in [-0.1, -0.05) is 6.07 Å². The fourth-order valence-electron chi connectivity index (χ4n) is 2.26. The van der Waals surface area contributed by atoms with Crippen LogP contribution in [0.25, 0.3) is 0 Å². The van der Waals surface area contributed by atoms with Gasteiger partial charge in [-0.25, -0.2) is 0 Å². The van der Waals surface area contributed by atoms with E-state index in [2.05, 4.69) is 16.3 Å². The highest BCUT2D eigenvalue weighted by atomic mass is 16.2. The Hall–Kier alpha value is -1.71. The Labute approximate surface area is 102 Å². The molecule has 1 amide bonds. The third-order valence-electron chi connectivity index (χ3n) is 3.03. The third-order valence-corrected chi connectivity index (χ3v) is 3.03. The van der Waals surface area contributed by atoms with E-state index in [1.807, 2.05) is 19.1 Å². The maximum absolute atomic E-state index is 11.6. The molecule has 1 aliphatic rings. The lowest BCUT2D eigenvalue weighted by Crippen LogP contribution is -2.39. The van der Waals surface area contributed by atoms with Crippen molar-refractivity contribution in [1.82, 2.24) is 5.32 Å². The molecular weight excluding hydrogens is 214 g/mol. The van der Waals surface area contributed by atoms with Crippen molar-refractivity contribution in [2.45, 2.75) is 19.8 Å². The second-order valence-electron chi connectivity index (χ2n) is 4.37. The number of carbonyl (C=O) groups excluding carboxylic acids is 1. The van der Waals surface area contributed by atoms with E-state index >= 15 is 0 Å². The van der Waals surface area contributed by atoms with Gasteiger partial charge in [0.1, 0.15) is 0 Å². The fourth-order valence-corrected chi connectivity index (χ4v) is 2.26. The number of nitrogen functional groups attached to an aromatic ring is 1. The first-order valence-corrected chi connectivity index (χ1v) is 6.10. The van der Waals surface area contributed by atoms with Crippen molar-refractivity contribution >= 4 is 17.3 Å². The number of nitrogens with two attached hydrogens (primary N) is 1. The van der Waals surface area contributed by atoms with E-state index in [-0.39, 0.29) is 5.91 Å². The molecule has 0 radical (unpaired) electrons. The van der Waals surface area contributed by atoms with Crippen molar-refractivity contribution in [3.8, 4) is 0 Å². The van der Waals surface area contributed by atoms with Crippen LogP contribution in [0.3, 0.4) is 0 Å². The van der Waals surface area contributed by atoms with Gasteiger partial charge in [-0.05, 0) is 37.5 Å². The zero-order chi connectivity index (χ0) is 12.3. The highest BCUT2D eigenvalue weighted by Gasteiger charge is 2.18. The van der Waals surface area contributed by atoms with E-state index in [1.54, 1.807) is 0 Å². The second-order valence-corrected chi connectivity index (χ2v) is 4.37. The predicted molar refractivity (Wildman–Crippen MR) is 70.1 cm³/mol. The quantitative estimate of drug-likeness (QED) is 0.770. The maximum atomic E-state index is 11.6. The average molecular weight is 233 g/mol. The van der Waals surface area contributed by atoms with Gasteiger partial charge < -0.3 is 16.0 Å². The number of hydrogen-bond acceptors (Lipinski definition) is 3. The molecule has 0 aromatic heterocycles. The number of rotatable bonds is 3. The minimum Gasteiger partial charge on any atom is -0.399 e. The average Bonchev–Trinajstić information content (AvgIpc) is 2.30. The van der Waals surface area contributed by atoms with Crippen LogP contribution in [0.4, 0.5) is 11.4 Å². The summed E-state index contributed by atoms with van der Waals surface area (Å²) < 4.78 is 0. The van der Waals surface area contributed by atoms with Crippen molar-refractivity contribution in [1.29, 1.82) is 0 Å². The van der Waals surface area contributed by atoms with Gasteiger partial charge >= 0.3 is 0 Å². The van der Waals surface area contributed by atoms with Crippen LogP contribution < -0.4 is 16.0 Å². The smallest absolute Gasteiger partial charge is 0.239 e. The molecule has 4 heteroatoms. The Morgan fingerprint density at radius 1 is 1.53 bits per heavy atom. The van der Waals surface area contributed by atoms with Crippen molar-refractivity contribution in [3.05, 3.63) is 23.8 Å². The SMILES string of the molecule is CCNC(=O)CN1CCCc2ccc(N)cc21. The molecule has 0 bridgehead atoms. The highest BCUT2D eigenvalue weighted by molar-refractivity contribution is 5.82. The van der Waals surface area contributed by atoms with Crippen LogP contribution in [0, 0.1) is 0 Å². The summed E-state index contributed by atoms with van der Waals surface area (Å²) in [5.74, 6) is 0.0720. The van der Waals surface area contributed by atoms with E-state index in [0.29, 0.717) is 13.1 Å². The van der Waals surface area contributed by atoms with Crippen LogP contribution in [0.2, 0.25) is 0 Å². The van der Waals surface area contributed by atoms with Gasteiger partial charge in [-0.3, -0.25) is 4.79 Å². The van der Waals surface area contributed by atoms with Gasteiger partial charge in [0.2, 0.25) is 5.91 Å². The van der Waals surface area contributed by atoms with E-state index in [4.69, 9.17) is 5.73 Å². The van der Waals surface area contributed by atoms with Crippen molar-refractivity contribution in [2.75, 3.05) is 30.3 Å². The molecule has 0 unspecified atom stereocenters. The molecule has 1 aromatic carbocycles. The minimum atomic E-state index is 0.0720. The Morgan fingerprint density at radius 3 is 3.12 bits per heavy atom. The Balaban J connectivity index is 2.16. The van der Waals surface area contributed by atoms with Gasteiger partial charge in [-0.15, -0.1) is 0 Å². The first-order valence-electron chi connectivity index (χ1n) is 6.10. The molecule has 0 atom stereocenters. The summed E-state index contributed by atoms with van der Waals surface area (Å²) in [6.45, 7) is 3.95. The second kappa shape index (κ2) is 5.08. The topological polar surface area (TPSA) is 58.4 Å². The lowest BCUT2D eigenvalue weighted by Gasteiger charge is -2.30. The van der Waals surface area contributed by atoms with E-state index in [1.165, 1.54) is 5.56 Å². The van der Waals surface area contributed by atoms with Crippen molar-refractivity contribution in [3.63, 3.8) is 0 Å². The van der Waals surface area contributed by atoms with Crippen molar-refractivity contribution in [2.24, 2.45) is 0 Å². The zero-order valence-corrected chi connectivity index (χ0v) is 10.2. The molecule has 3 N–H and O–H groups in total. The Kier molecular flexibility index (Phi) is 3.52. The summed E-state index contributed by atoms with van der Waals surface area (Å²) in [5.41, 5.74) is 8.96. The highest BCUT2D eigenvalue weighted by Crippen LogP contribution is 2.28. The largest absolute Gasteiger partial charge is 0.399 e. The lowest BCUT2D eigenvalue weighted by molar-refractivity contribution is -0.119. The van der Waals surface area contributed by atoms with Crippen LogP contribution in [0.5, 0.6) is 0 Å². The molecule has 0 fully saturated rings. The molecular formula is C13H19N3O. The number of fused-ring (bicyclic) bond motifs is 1. The summed E-state index contributed by atoms with van der Waals surface area (Å²) in [7, 11) is 0. The Bertz CT molecular complexity index is 417. The summed E-state index contributed by atoms with van der Waals surface area (Å²) in [6.07, 6.45) is 2.16. The molecule has 4 nitrogen and oxygen atoms in total. The van der Waals surface area contributed by atoms with Gasteiger partial charge in [0.15, 0.2) is 0 Å². The standard InChI is InChI=1S/C13H19N3O/c1-2-15-13(17)9-16-7-3-4-10-5-6-11(14)8-12(10)16/h5-6,8H,2-4,7,9,14H2,1H3,(H,15,17). The van der Waals surface area contributed by atoms with Crippen LogP contribution in [0.1, 0.15) is 18.9 Å². The van der Waals surface area contributed by atoms with Gasteiger partial charge in [0.05, 0.1) is 6.54 Å². The summed E-state index contributed by atoms with van der Waals surface area (Å²) >= 11 is 0. The maximum Gasteiger partial charge on any atom is 0.239 e. The molecule has 0 aliphatic carbocycles. The molecule has 1 aromatic rings. The number of aryl methyl sites for hydroxylation is 1. The van der Waals surface area contributed by atoms with Gasteiger partial charge in [0, 0.05) is 24.5 Å². The molecule has 0 spiro atoms. The first-order chi connectivity index (χ1) is 8.20. The fraction of sp³-hybridized carbons (Fsp3) is 0.462. The van der Waals surface area contributed by atoms with Crippen LogP contribution in [-0.2, 0) is 11.2 Å². The zero-order valence-electron chi connectivity index (χ0n) is 10.2. The summed E-state index contributed by atoms with van der Waals surface area (Å²) in [5, 5.41) is 2.83. The van der Waals surface area contributed by atoms with Crippen LogP contribution >= 0.6 is 0 Å². The van der Waals surface area contributed by atoms with Gasteiger partial charge in [0.25, 0.3) is 0 Å². The minimum absolute atomic E-state index is 0.0720. The van der Waals surface area contributed by atoms with Crippen LogP contribution in [-0.4, -0.2) is 25.5 Å². The number of amides is 1. The number of nitrogens with one attached hydrogen (secondary N) is 1. The van der Waals surface area contributed by atoms with Crippen molar-refractivity contribution < 1.29 is 4.79 Å². The number of carbonyl (C=O) groups is 1. The number of anilines is 2. The number of nitrogens with zero attached hydrogens (tertiary/aromatic N) is 1. The van der Waals surface area contributed by atoms with E-state index in [0.717, 1.165) is 30.8 Å².